The molecule has 0 bridgehead atoms. The summed E-state index contributed by atoms with van der Waals surface area (Å²) in [6.45, 7) is -1.46. The Balaban J connectivity index is 2.42. The van der Waals surface area contributed by atoms with Crippen LogP contribution in [0.25, 0.3) is 0 Å². The van der Waals surface area contributed by atoms with Crippen molar-refractivity contribution < 1.29 is 22.7 Å². The molecule has 0 spiro atoms. The van der Waals surface area contributed by atoms with Gasteiger partial charge in [-0.15, -0.1) is 5.10 Å². The molecule has 0 unspecified atom stereocenters. The van der Waals surface area contributed by atoms with Crippen LogP contribution in [0.5, 0.6) is 5.88 Å². The van der Waals surface area contributed by atoms with Crippen LogP contribution in [-0.2, 0) is 7.05 Å². The van der Waals surface area contributed by atoms with Gasteiger partial charge in [-0.05, 0) is 12.1 Å². The molecule has 2 aromatic rings. The Kier molecular flexibility index (Phi) is 4.34. The number of alkyl halides is 3. The molecule has 0 aliphatic rings. The molecule has 9 heteroatoms. The lowest BCUT2D eigenvalue weighted by Crippen LogP contribution is -2.39. The average molecular weight is 314 g/mol. The molecule has 0 saturated carbocycles. The predicted octanol–water partition coefficient (Wildman–Crippen LogP) is 2.03. The molecule has 118 valence electrons. The third-order valence-corrected chi connectivity index (χ3v) is 2.73. The molecule has 2 aromatic heterocycles. The van der Waals surface area contributed by atoms with Crippen LogP contribution >= 0.6 is 0 Å². The second kappa shape index (κ2) is 6.04. The van der Waals surface area contributed by atoms with E-state index in [1.165, 1.54) is 43.4 Å². The lowest BCUT2D eigenvalue weighted by Gasteiger charge is -2.22. The van der Waals surface area contributed by atoms with Gasteiger partial charge in [0.05, 0.1) is 7.11 Å². The van der Waals surface area contributed by atoms with E-state index in [0.717, 1.165) is 0 Å². The number of halogens is 3. The van der Waals surface area contributed by atoms with E-state index in [0.29, 0.717) is 4.90 Å². The summed E-state index contributed by atoms with van der Waals surface area (Å²) in [6.07, 6.45) is -1.96. The summed E-state index contributed by atoms with van der Waals surface area (Å²) in [5, 5.41) is 3.87. The number of carbonyl (C=O) groups excluding carboxylic acids is 1. The fraction of sp³-hybridized carbons (Fsp3) is 0.308. The lowest BCUT2D eigenvalue weighted by atomic mass is 10.2. The first kappa shape index (κ1) is 15.8. The highest BCUT2D eigenvalue weighted by Gasteiger charge is 2.36. The zero-order valence-corrected chi connectivity index (χ0v) is 11.8. The summed E-state index contributed by atoms with van der Waals surface area (Å²) in [5.74, 6) is -1.03. The van der Waals surface area contributed by atoms with E-state index in [-0.39, 0.29) is 17.3 Å². The number of anilines is 1. The number of methoxy groups -OCH3 is 1. The van der Waals surface area contributed by atoms with Gasteiger partial charge in [0.15, 0.2) is 0 Å². The highest BCUT2D eigenvalue weighted by Crippen LogP contribution is 2.25. The van der Waals surface area contributed by atoms with Crippen molar-refractivity contribution in [1.82, 2.24) is 14.8 Å². The van der Waals surface area contributed by atoms with Crippen LogP contribution in [0.1, 0.15) is 10.4 Å². The number of nitrogens with zero attached hydrogens (tertiary/aromatic N) is 4. The van der Waals surface area contributed by atoms with E-state index in [2.05, 4.69) is 10.1 Å². The lowest BCUT2D eigenvalue weighted by molar-refractivity contribution is -0.118. The second-order valence-electron chi connectivity index (χ2n) is 4.42. The number of hydrogen-bond acceptors (Lipinski definition) is 4. The summed E-state index contributed by atoms with van der Waals surface area (Å²) in [4.78, 5) is 16.8. The second-order valence-corrected chi connectivity index (χ2v) is 4.42. The van der Waals surface area contributed by atoms with Gasteiger partial charge in [0.1, 0.15) is 17.9 Å². The molecule has 0 saturated heterocycles. The Morgan fingerprint density at radius 1 is 1.41 bits per heavy atom. The van der Waals surface area contributed by atoms with Gasteiger partial charge in [-0.3, -0.25) is 14.4 Å². The maximum atomic E-state index is 12.8. The van der Waals surface area contributed by atoms with Crippen LogP contribution < -0.4 is 9.64 Å². The summed E-state index contributed by atoms with van der Waals surface area (Å²) in [6, 6.07) is 4.37. The molecular formula is C13H13F3N4O2. The molecule has 0 radical (unpaired) electrons. The normalized spacial score (nSPS) is 11.3. The predicted molar refractivity (Wildman–Crippen MR) is 71.7 cm³/mol. The number of carbonyl (C=O) groups is 1. The number of rotatable bonds is 4. The molecule has 0 aromatic carbocycles. The van der Waals surface area contributed by atoms with Crippen LogP contribution in [-0.4, -0.2) is 40.5 Å². The Morgan fingerprint density at radius 2 is 2.14 bits per heavy atom. The van der Waals surface area contributed by atoms with Gasteiger partial charge in [-0.1, -0.05) is 6.07 Å². The molecule has 2 heterocycles. The van der Waals surface area contributed by atoms with Crippen molar-refractivity contribution in [2.75, 3.05) is 18.6 Å². The van der Waals surface area contributed by atoms with E-state index < -0.39 is 18.6 Å². The quantitative estimate of drug-likeness (QED) is 0.866. The van der Waals surface area contributed by atoms with Crippen molar-refractivity contribution in [2.45, 2.75) is 6.18 Å². The fourth-order valence-electron chi connectivity index (χ4n) is 1.86. The number of aryl methyl sites for hydroxylation is 1. The average Bonchev–Trinajstić information content (AvgIpc) is 2.85. The molecule has 2 rings (SSSR count). The molecule has 22 heavy (non-hydrogen) atoms. The summed E-state index contributed by atoms with van der Waals surface area (Å²) < 4.78 is 44.6. The SMILES string of the molecule is COc1nn(C)cc1C(=O)N(CC(F)(F)F)c1ccccn1. The van der Waals surface area contributed by atoms with Gasteiger partial charge >= 0.3 is 6.18 Å². The number of hydrogen-bond donors (Lipinski definition) is 0. The van der Waals surface area contributed by atoms with Gasteiger partial charge in [-0.2, -0.15) is 13.2 Å². The Hall–Kier alpha value is -2.58. The number of pyridine rings is 1. The minimum atomic E-state index is -4.57. The van der Waals surface area contributed by atoms with E-state index in [9.17, 15) is 18.0 Å². The van der Waals surface area contributed by atoms with E-state index in [1.54, 1.807) is 6.07 Å². The number of amides is 1. The highest BCUT2D eigenvalue weighted by atomic mass is 19.4. The first-order valence-electron chi connectivity index (χ1n) is 6.19. The number of ether oxygens (including phenoxy) is 1. The topological polar surface area (TPSA) is 60.3 Å². The van der Waals surface area contributed by atoms with Crippen molar-refractivity contribution in [3.8, 4) is 5.88 Å². The molecule has 0 aliphatic carbocycles. The summed E-state index contributed by atoms with van der Waals surface area (Å²) in [7, 11) is 2.82. The summed E-state index contributed by atoms with van der Waals surface area (Å²) in [5.41, 5.74) is -0.0695. The molecule has 0 atom stereocenters. The van der Waals surface area contributed by atoms with Gasteiger partial charge in [0, 0.05) is 19.4 Å². The first-order chi connectivity index (χ1) is 10.3. The van der Waals surface area contributed by atoms with E-state index in [4.69, 9.17) is 4.74 Å². The van der Waals surface area contributed by atoms with Gasteiger partial charge in [-0.25, -0.2) is 4.98 Å². The van der Waals surface area contributed by atoms with Crippen LogP contribution in [0.15, 0.2) is 30.6 Å². The highest BCUT2D eigenvalue weighted by molar-refractivity contribution is 6.07. The largest absolute Gasteiger partial charge is 0.479 e. The van der Waals surface area contributed by atoms with Crippen molar-refractivity contribution in [1.29, 1.82) is 0 Å². The smallest absolute Gasteiger partial charge is 0.406 e. The van der Waals surface area contributed by atoms with E-state index in [1.807, 2.05) is 0 Å². The van der Waals surface area contributed by atoms with Crippen LogP contribution in [0.3, 0.4) is 0 Å². The first-order valence-corrected chi connectivity index (χ1v) is 6.19. The van der Waals surface area contributed by atoms with E-state index >= 15 is 0 Å². The maximum Gasteiger partial charge on any atom is 0.406 e. The van der Waals surface area contributed by atoms with Gasteiger partial charge in [0.25, 0.3) is 5.91 Å². The summed E-state index contributed by atoms with van der Waals surface area (Å²) >= 11 is 0. The third kappa shape index (κ3) is 3.54. The zero-order chi connectivity index (χ0) is 16.3. The fourth-order valence-corrected chi connectivity index (χ4v) is 1.86. The third-order valence-electron chi connectivity index (χ3n) is 2.73. The van der Waals surface area contributed by atoms with Crippen LogP contribution in [0.4, 0.5) is 19.0 Å². The number of aromatic nitrogens is 3. The van der Waals surface area contributed by atoms with Crippen molar-refractivity contribution in [2.24, 2.45) is 7.05 Å². The minimum Gasteiger partial charge on any atom is -0.479 e. The van der Waals surface area contributed by atoms with Gasteiger partial charge in [0.2, 0.25) is 5.88 Å². The minimum absolute atomic E-state index is 0.0457. The van der Waals surface area contributed by atoms with Crippen LogP contribution in [0, 0.1) is 0 Å². The van der Waals surface area contributed by atoms with Crippen molar-refractivity contribution >= 4 is 11.7 Å². The monoisotopic (exact) mass is 314 g/mol. The molecule has 6 nitrogen and oxygen atoms in total. The Morgan fingerprint density at radius 3 is 2.68 bits per heavy atom. The maximum absolute atomic E-state index is 12.8. The molecular weight excluding hydrogens is 301 g/mol. The molecule has 0 fully saturated rings. The van der Waals surface area contributed by atoms with Crippen LogP contribution in [0.2, 0.25) is 0 Å². The zero-order valence-electron chi connectivity index (χ0n) is 11.8. The molecule has 1 amide bonds. The Bertz CT molecular complexity index is 655. The Labute approximate surface area is 124 Å². The standard InChI is InChI=1S/C13H13F3N4O2/c1-19-7-9(11(18-19)22-2)12(21)20(8-13(14,15)16)10-5-3-4-6-17-10/h3-7H,8H2,1-2H3. The van der Waals surface area contributed by atoms with Crippen molar-refractivity contribution in [3.05, 3.63) is 36.2 Å². The molecule has 0 N–H and O–H groups in total. The molecule has 0 aliphatic heterocycles. The van der Waals surface area contributed by atoms with Gasteiger partial charge < -0.3 is 4.74 Å². The van der Waals surface area contributed by atoms with Crippen molar-refractivity contribution in [3.63, 3.8) is 0 Å².